The normalized spacial score (nSPS) is 11.5. The van der Waals surface area contributed by atoms with Crippen molar-refractivity contribution in [3.8, 4) is 0 Å². The van der Waals surface area contributed by atoms with E-state index in [-0.39, 0.29) is 10.6 Å². The molecule has 5 heteroatoms. The highest BCUT2D eigenvalue weighted by Gasteiger charge is 2.08. The van der Waals surface area contributed by atoms with Gasteiger partial charge in [-0.3, -0.25) is 4.79 Å². The van der Waals surface area contributed by atoms with Crippen LogP contribution in [-0.2, 0) is 6.42 Å². The zero-order valence-corrected chi connectivity index (χ0v) is 13.4. The van der Waals surface area contributed by atoms with Gasteiger partial charge in [0, 0.05) is 18.7 Å². The molecule has 24 heavy (non-hydrogen) atoms. The Labute approximate surface area is 143 Å². The lowest BCUT2D eigenvalue weighted by molar-refractivity contribution is 0.628. The van der Waals surface area contributed by atoms with Gasteiger partial charge in [-0.15, -0.1) is 0 Å². The highest BCUT2D eigenvalue weighted by molar-refractivity contribution is 6.30. The van der Waals surface area contributed by atoms with Gasteiger partial charge in [-0.1, -0.05) is 48.0 Å². The van der Waals surface area contributed by atoms with Crippen LogP contribution < -0.4 is 5.56 Å². The molecule has 3 rings (SSSR count). The van der Waals surface area contributed by atoms with E-state index in [9.17, 15) is 9.18 Å². The first-order valence-electron chi connectivity index (χ1n) is 7.37. The highest BCUT2D eigenvalue weighted by Crippen LogP contribution is 2.22. The summed E-state index contributed by atoms with van der Waals surface area (Å²) in [6.45, 7) is 0. The molecule has 0 aliphatic rings. The zero-order chi connectivity index (χ0) is 16.9. The quantitative estimate of drug-likeness (QED) is 0.767. The number of nitrogens with one attached hydrogen (secondary N) is 1. The van der Waals surface area contributed by atoms with Crippen molar-refractivity contribution in [2.45, 2.75) is 6.42 Å². The third-order valence-corrected chi connectivity index (χ3v) is 3.80. The highest BCUT2D eigenvalue weighted by atomic mass is 35.5. The van der Waals surface area contributed by atoms with Crippen LogP contribution in [0.4, 0.5) is 4.39 Å². The van der Waals surface area contributed by atoms with E-state index in [2.05, 4.69) is 9.97 Å². The topological polar surface area (TPSA) is 45.8 Å². The Bertz CT molecular complexity index is 935. The fourth-order valence-corrected chi connectivity index (χ4v) is 2.47. The Morgan fingerprint density at radius 2 is 1.96 bits per heavy atom. The monoisotopic (exact) mass is 340 g/mol. The van der Waals surface area contributed by atoms with Crippen molar-refractivity contribution in [2.75, 3.05) is 0 Å². The van der Waals surface area contributed by atoms with Crippen molar-refractivity contribution in [3.05, 3.63) is 98.9 Å². The molecule has 0 saturated heterocycles. The molecule has 0 fully saturated rings. The number of benzene rings is 2. The Balaban J connectivity index is 2.05. The Morgan fingerprint density at radius 3 is 2.67 bits per heavy atom. The van der Waals surface area contributed by atoms with Crippen LogP contribution in [0.2, 0.25) is 5.02 Å². The molecule has 1 N–H and O–H groups in total. The summed E-state index contributed by atoms with van der Waals surface area (Å²) in [4.78, 5) is 18.5. The number of nitrogens with zero attached hydrogens (tertiary/aromatic N) is 1. The van der Waals surface area contributed by atoms with Crippen LogP contribution in [0.1, 0.15) is 17.0 Å². The van der Waals surface area contributed by atoms with Gasteiger partial charge in [-0.05, 0) is 34.9 Å². The third kappa shape index (κ3) is 3.97. The first kappa shape index (κ1) is 16.1. The molecule has 0 saturated carbocycles. The minimum absolute atomic E-state index is 0.0722. The number of aromatic amines is 1. The summed E-state index contributed by atoms with van der Waals surface area (Å²) in [5, 5.41) is 0.0722. The first-order valence-corrected chi connectivity index (χ1v) is 7.75. The van der Waals surface area contributed by atoms with E-state index in [0.717, 1.165) is 11.1 Å². The van der Waals surface area contributed by atoms with Crippen LogP contribution in [0.15, 0.2) is 65.6 Å². The van der Waals surface area contributed by atoms with E-state index in [1.807, 2.05) is 30.3 Å². The van der Waals surface area contributed by atoms with E-state index in [4.69, 9.17) is 11.6 Å². The lowest BCUT2D eigenvalue weighted by Gasteiger charge is -2.08. The van der Waals surface area contributed by atoms with Crippen LogP contribution in [0.5, 0.6) is 0 Å². The predicted octanol–water partition coefficient (Wildman–Crippen LogP) is 4.35. The standard InChI is InChI=1S/C19H14ClFN2O/c20-16-7-6-14(12-17(16)21)11-15(10-13-4-2-1-3-5-13)19-22-9-8-18(24)23-19/h1-9,11-12H,10H2,(H,22,23,24)/b15-11-. The fraction of sp³-hybridized carbons (Fsp3) is 0.0526. The average Bonchev–Trinajstić information content (AvgIpc) is 2.58. The van der Waals surface area contributed by atoms with Gasteiger partial charge in [-0.25, -0.2) is 9.37 Å². The van der Waals surface area contributed by atoms with Crippen molar-refractivity contribution >= 4 is 23.3 Å². The molecular weight excluding hydrogens is 327 g/mol. The summed E-state index contributed by atoms with van der Waals surface area (Å²) < 4.78 is 13.7. The summed E-state index contributed by atoms with van der Waals surface area (Å²) in [5.74, 6) is -0.0271. The second-order valence-electron chi connectivity index (χ2n) is 5.29. The van der Waals surface area contributed by atoms with Crippen molar-refractivity contribution in [1.29, 1.82) is 0 Å². The molecule has 0 unspecified atom stereocenters. The number of hydrogen-bond acceptors (Lipinski definition) is 2. The van der Waals surface area contributed by atoms with Crippen LogP contribution in [0.3, 0.4) is 0 Å². The predicted molar refractivity (Wildman–Crippen MR) is 94.3 cm³/mol. The smallest absolute Gasteiger partial charge is 0.251 e. The van der Waals surface area contributed by atoms with Gasteiger partial charge in [0.2, 0.25) is 0 Å². The molecule has 0 aliphatic carbocycles. The van der Waals surface area contributed by atoms with E-state index in [1.54, 1.807) is 12.1 Å². The van der Waals surface area contributed by atoms with Crippen molar-refractivity contribution in [1.82, 2.24) is 9.97 Å². The molecule has 1 heterocycles. The van der Waals surface area contributed by atoms with Gasteiger partial charge in [0.25, 0.3) is 5.56 Å². The van der Waals surface area contributed by atoms with E-state index >= 15 is 0 Å². The maximum absolute atomic E-state index is 13.7. The molecule has 3 nitrogen and oxygen atoms in total. The average molecular weight is 341 g/mol. The lowest BCUT2D eigenvalue weighted by atomic mass is 10.0. The summed E-state index contributed by atoms with van der Waals surface area (Å²) in [7, 11) is 0. The third-order valence-electron chi connectivity index (χ3n) is 3.50. The minimum atomic E-state index is -0.487. The molecule has 120 valence electrons. The van der Waals surface area contributed by atoms with Crippen LogP contribution in [0, 0.1) is 5.82 Å². The Kier molecular flexibility index (Phi) is 4.87. The summed E-state index contributed by atoms with van der Waals surface area (Å²) in [6, 6.07) is 15.7. The van der Waals surface area contributed by atoms with Crippen molar-refractivity contribution < 1.29 is 4.39 Å². The molecule has 3 aromatic rings. The summed E-state index contributed by atoms with van der Waals surface area (Å²) in [6.07, 6.45) is 3.80. The second kappa shape index (κ2) is 7.23. The molecule has 1 aromatic heterocycles. The molecule has 0 aliphatic heterocycles. The molecule has 0 bridgehead atoms. The second-order valence-corrected chi connectivity index (χ2v) is 5.70. The summed E-state index contributed by atoms with van der Waals surface area (Å²) >= 11 is 5.73. The minimum Gasteiger partial charge on any atom is -0.307 e. The van der Waals surface area contributed by atoms with Gasteiger partial charge in [0.15, 0.2) is 0 Å². The molecule has 0 radical (unpaired) electrons. The molecule has 2 aromatic carbocycles. The Hall–Kier alpha value is -2.72. The first-order chi connectivity index (χ1) is 11.6. The largest absolute Gasteiger partial charge is 0.307 e. The fourth-order valence-electron chi connectivity index (χ4n) is 2.36. The molecular formula is C19H14ClFN2O. The Morgan fingerprint density at radius 1 is 1.17 bits per heavy atom. The van der Waals surface area contributed by atoms with Crippen molar-refractivity contribution in [2.24, 2.45) is 0 Å². The van der Waals surface area contributed by atoms with Crippen LogP contribution >= 0.6 is 11.6 Å². The van der Waals surface area contributed by atoms with E-state index in [0.29, 0.717) is 17.8 Å². The number of H-pyrrole nitrogens is 1. The van der Waals surface area contributed by atoms with Gasteiger partial charge in [0.05, 0.1) is 5.02 Å². The lowest BCUT2D eigenvalue weighted by Crippen LogP contribution is -2.09. The van der Waals surface area contributed by atoms with Crippen LogP contribution in [-0.4, -0.2) is 9.97 Å². The maximum Gasteiger partial charge on any atom is 0.251 e. The van der Waals surface area contributed by atoms with Gasteiger partial charge in [-0.2, -0.15) is 0 Å². The maximum atomic E-state index is 13.7. The number of aromatic nitrogens is 2. The summed E-state index contributed by atoms with van der Waals surface area (Å²) in [5.41, 5.74) is 2.25. The molecule has 0 amide bonds. The number of allylic oxidation sites excluding steroid dienone is 1. The van der Waals surface area contributed by atoms with E-state index < -0.39 is 5.82 Å². The van der Waals surface area contributed by atoms with Gasteiger partial charge >= 0.3 is 0 Å². The van der Waals surface area contributed by atoms with Crippen LogP contribution in [0.25, 0.3) is 11.6 Å². The van der Waals surface area contributed by atoms with Crippen molar-refractivity contribution in [3.63, 3.8) is 0 Å². The van der Waals surface area contributed by atoms with Gasteiger partial charge in [0.1, 0.15) is 11.6 Å². The zero-order valence-electron chi connectivity index (χ0n) is 12.7. The number of halogens is 2. The number of hydrogen-bond donors (Lipinski definition) is 1. The SMILES string of the molecule is O=c1ccnc(/C(=C\c2ccc(Cl)c(F)c2)Cc2ccccc2)[nH]1. The van der Waals surface area contributed by atoms with Gasteiger partial charge < -0.3 is 4.98 Å². The number of rotatable bonds is 4. The van der Waals surface area contributed by atoms with E-state index in [1.165, 1.54) is 24.4 Å². The molecule has 0 spiro atoms. The molecule has 0 atom stereocenters.